The van der Waals surface area contributed by atoms with Gasteiger partial charge >= 0.3 is 5.92 Å². The fourth-order valence-electron chi connectivity index (χ4n) is 3.87. The molecule has 0 fully saturated rings. The van der Waals surface area contributed by atoms with Crippen molar-refractivity contribution in [3.63, 3.8) is 0 Å². The average Bonchev–Trinajstić information content (AvgIpc) is 3.33. The topological polar surface area (TPSA) is 65.7 Å². The van der Waals surface area contributed by atoms with E-state index in [2.05, 4.69) is 20.5 Å². The van der Waals surface area contributed by atoms with Gasteiger partial charge in [-0.3, -0.25) is 4.98 Å². The van der Waals surface area contributed by atoms with E-state index in [0.29, 0.717) is 23.1 Å². The number of hydrogen-bond donors (Lipinski definition) is 0. The largest absolute Gasteiger partial charge is 0.362 e. The predicted octanol–water partition coefficient (Wildman–Crippen LogP) is 5.31. The van der Waals surface area contributed by atoms with Gasteiger partial charge in [0.25, 0.3) is 0 Å². The van der Waals surface area contributed by atoms with Crippen LogP contribution in [0.15, 0.2) is 67.1 Å². The van der Waals surface area contributed by atoms with Crippen molar-refractivity contribution >= 4 is 11.6 Å². The lowest BCUT2D eigenvalue weighted by Crippen LogP contribution is -2.50. The molecular formula is C24H20ClF4N5O. The Bertz CT molecular complexity index is 1270. The second-order valence-corrected chi connectivity index (χ2v) is 8.26. The molecule has 1 unspecified atom stereocenters. The number of ether oxygens (including phenoxy) is 1. The molecular weight excluding hydrogens is 486 g/mol. The van der Waals surface area contributed by atoms with Gasteiger partial charge in [-0.1, -0.05) is 29.8 Å². The molecule has 0 aliphatic carbocycles. The summed E-state index contributed by atoms with van der Waals surface area (Å²) in [6, 6.07) is 12.2. The van der Waals surface area contributed by atoms with E-state index >= 15 is 8.78 Å². The maximum Gasteiger partial charge on any atom is 0.324 e. The van der Waals surface area contributed by atoms with E-state index in [0.717, 1.165) is 28.7 Å². The Labute approximate surface area is 203 Å². The Kier molecular flexibility index (Phi) is 7.13. The minimum atomic E-state index is -3.87. The maximum absolute atomic E-state index is 16.3. The number of pyridine rings is 1. The van der Waals surface area contributed by atoms with Crippen LogP contribution in [0.4, 0.5) is 17.6 Å². The maximum atomic E-state index is 16.3. The first-order chi connectivity index (χ1) is 16.7. The summed E-state index contributed by atoms with van der Waals surface area (Å²) in [5.74, 6) is -5.97. The second kappa shape index (κ2) is 10.1. The van der Waals surface area contributed by atoms with Gasteiger partial charge in [-0.05, 0) is 65.2 Å². The molecule has 1 atom stereocenters. The highest BCUT2D eigenvalue weighted by molar-refractivity contribution is 6.30. The third kappa shape index (κ3) is 5.03. The Hall–Kier alpha value is -3.37. The van der Waals surface area contributed by atoms with Crippen LogP contribution in [0.5, 0.6) is 0 Å². The van der Waals surface area contributed by atoms with E-state index in [4.69, 9.17) is 16.3 Å². The van der Waals surface area contributed by atoms with Crippen LogP contribution in [0.1, 0.15) is 29.3 Å². The summed E-state index contributed by atoms with van der Waals surface area (Å²) < 4.78 is 67.7. The van der Waals surface area contributed by atoms with Crippen LogP contribution in [-0.2, 0) is 29.2 Å². The summed E-state index contributed by atoms with van der Waals surface area (Å²) in [6.45, 7) is 0.634. The quantitative estimate of drug-likeness (QED) is 0.288. The minimum Gasteiger partial charge on any atom is -0.362 e. The van der Waals surface area contributed by atoms with Crippen molar-refractivity contribution in [1.82, 2.24) is 25.2 Å². The van der Waals surface area contributed by atoms with Gasteiger partial charge in [0.05, 0.1) is 6.54 Å². The van der Waals surface area contributed by atoms with Crippen molar-refractivity contribution in [1.29, 1.82) is 0 Å². The van der Waals surface area contributed by atoms with Crippen molar-refractivity contribution in [2.75, 3.05) is 6.61 Å². The van der Waals surface area contributed by atoms with Gasteiger partial charge in [-0.25, -0.2) is 13.5 Å². The minimum absolute atomic E-state index is 0.205. The van der Waals surface area contributed by atoms with Crippen molar-refractivity contribution < 1.29 is 22.3 Å². The number of aromatic nitrogens is 5. The van der Waals surface area contributed by atoms with E-state index in [-0.39, 0.29) is 6.61 Å². The molecule has 35 heavy (non-hydrogen) atoms. The van der Waals surface area contributed by atoms with Crippen LogP contribution in [0.3, 0.4) is 0 Å². The van der Waals surface area contributed by atoms with Gasteiger partial charge < -0.3 is 4.74 Å². The first-order valence-corrected chi connectivity index (χ1v) is 11.0. The molecule has 0 radical (unpaired) electrons. The molecule has 0 amide bonds. The predicted molar refractivity (Wildman–Crippen MR) is 120 cm³/mol. The molecule has 0 saturated heterocycles. The lowest BCUT2D eigenvalue weighted by atomic mass is 9.84. The third-order valence-electron chi connectivity index (χ3n) is 5.51. The molecule has 2 aromatic heterocycles. The number of nitrogens with zero attached hydrogens (tertiary/aromatic N) is 5. The van der Waals surface area contributed by atoms with Gasteiger partial charge in [0.1, 0.15) is 23.7 Å². The SMILES string of the molecule is CCOC(Cn1cnnn1)(c1ccc(F)cc1F)C(F)(F)c1ccc(Cc2ccc(Cl)cc2)cn1. The monoisotopic (exact) mass is 505 g/mol. The van der Waals surface area contributed by atoms with Crippen LogP contribution in [0.2, 0.25) is 5.02 Å². The van der Waals surface area contributed by atoms with Gasteiger partial charge in [-0.15, -0.1) is 5.10 Å². The van der Waals surface area contributed by atoms with Gasteiger partial charge in [-0.2, -0.15) is 8.78 Å². The molecule has 0 aliphatic rings. The van der Waals surface area contributed by atoms with Crippen molar-refractivity contribution in [3.8, 4) is 0 Å². The van der Waals surface area contributed by atoms with Crippen molar-refractivity contribution in [2.45, 2.75) is 31.4 Å². The van der Waals surface area contributed by atoms with E-state index in [9.17, 15) is 8.78 Å². The van der Waals surface area contributed by atoms with Crippen LogP contribution >= 0.6 is 11.6 Å². The molecule has 11 heteroatoms. The molecule has 6 nitrogen and oxygen atoms in total. The molecule has 0 saturated carbocycles. The molecule has 182 valence electrons. The first-order valence-electron chi connectivity index (χ1n) is 10.6. The number of alkyl halides is 2. The number of tetrazole rings is 1. The summed E-state index contributed by atoms with van der Waals surface area (Å²) >= 11 is 5.91. The lowest BCUT2D eigenvalue weighted by molar-refractivity contribution is -0.233. The fourth-order valence-corrected chi connectivity index (χ4v) is 4.00. The molecule has 4 aromatic rings. The fraction of sp³-hybridized carbons (Fsp3) is 0.250. The normalized spacial score (nSPS) is 13.5. The van der Waals surface area contributed by atoms with Crippen molar-refractivity contribution in [3.05, 3.63) is 106 Å². The van der Waals surface area contributed by atoms with Gasteiger partial charge in [0.2, 0.25) is 0 Å². The Morgan fingerprint density at radius 3 is 2.34 bits per heavy atom. The van der Waals surface area contributed by atoms with Crippen LogP contribution in [-0.4, -0.2) is 31.8 Å². The van der Waals surface area contributed by atoms with Gasteiger partial charge in [0, 0.05) is 29.5 Å². The van der Waals surface area contributed by atoms with E-state index < -0.39 is 41.0 Å². The molecule has 0 aliphatic heterocycles. The lowest BCUT2D eigenvalue weighted by Gasteiger charge is -2.40. The standard InChI is InChI=1S/C24H20ClF4N5O/c1-2-35-23(14-34-15-31-32-33-34,20-9-8-19(26)12-21(20)27)24(28,29)22-10-5-17(13-30-22)11-16-3-6-18(25)7-4-16/h3-10,12-13,15H,2,11,14H2,1H3. The highest BCUT2D eigenvalue weighted by Gasteiger charge is 2.60. The molecule has 2 heterocycles. The number of benzene rings is 2. The van der Waals surface area contributed by atoms with E-state index in [1.54, 1.807) is 12.1 Å². The van der Waals surface area contributed by atoms with Crippen LogP contribution in [0, 0.1) is 11.6 Å². The summed E-state index contributed by atoms with van der Waals surface area (Å²) in [6.07, 6.45) is 2.88. The summed E-state index contributed by atoms with van der Waals surface area (Å²) in [5, 5.41) is 11.2. The smallest absolute Gasteiger partial charge is 0.324 e. The number of rotatable bonds is 9. The van der Waals surface area contributed by atoms with Crippen molar-refractivity contribution in [2.24, 2.45) is 0 Å². The summed E-state index contributed by atoms with van der Waals surface area (Å²) in [4.78, 5) is 4.00. The zero-order chi connectivity index (χ0) is 25.1. The highest BCUT2D eigenvalue weighted by atomic mass is 35.5. The molecule has 4 rings (SSSR count). The zero-order valence-corrected chi connectivity index (χ0v) is 19.3. The first kappa shape index (κ1) is 24.7. The van der Waals surface area contributed by atoms with Crippen LogP contribution < -0.4 is 0 Å². The van der Waals surface area contributed by atoms with Crippen LogP contribution in [0.25, 0.3) is 0 Å². The van der Waals surface area contributed by atoms with E-state index in [1.165, 1.54) is 25.3 Å². The van der Waals surface area contributed by atoms with Gasteiger partial charge in [0.15, 0.2) is 5.60 Å². The molecule has 0 bridgehead atoms. The third-order valence-corrected chi connectivity index (χ3v) is 5.76. The molecule has 0 spiro atoms. The molecule has 2 aromatic carbocycles. The number of hydrogen-bond acceptors (Lipinski definition) is 5. The second-order valence-electron chi connectivity index (χ2n) is 7.82. The number of halogens is 5. The summed E-state index contributed by atoms with van der Waals surface area (Å²) in [5.41, 5.74) is -2.22. The Morgan fingerprint density at radius 1 is 1.00 bits per heavy atom. The Balaban J connectivity index is 1.77. The summed E-state index contributed by atoms with van der Waals surface area (Å²) in [7, 11) is 0. The van der Waals surface area contributed by atoms with E-state index in [1.807, 2.05) is 12.1 Å². The zero-order valence-electron chi connectivity index (χ0n) is 18.5. The average molecular weight is 506 g/mol. The highest BCUT2D eigenvalue weighted by Crippen LogP contribution is 2.49. The Morgan fingerprint density at radius 2 is 1.74 bits per heavy atom. The molecule has 0 N–H and O–H groups in total.